The second-order valence-electron chi connectivity index (χ2n) is 4.07. The van der Waals surface area contributed by atoms with Crippen LogP contribution in [0, 0.1) is 12.8 Å². The van der Waals surface area contributed by atoms with Crippen LogP contribution in [-0.2, 0) is 9.59 Å². The molecule has 1 aromatic rings. The maximum absolute atomic E-state index is 11.9. The molecule has 0 aromatic carbocycles. The molecule has 1 aliphatic heterocycles. The minimum absolute atomic E-state index is 0.0401. The molecule has 5 nitrogen and oxygen atoms in total. The zero-order chi connectivity index (χ0) is 12.7. The molecule has 1 saturated heterocycles. The van der Waals surface area contributed by atoms with Crippen molar-refractivity contribution in [2.45, 2.75) is 20.3 Å². The summed E-state index contributed by atoms with van der Waals surface area (Å²) in [6.45, 7) is 3.37. The highest BCUT2D eigenvalue weighted by Crippen LogP contribution is 2.35. The van der Waals surface area contributed by atoms with Crippen LogP contribution in [0.4, 0.5) is 5.69 Å². The van der Waals surface area contributed by atoms with Crippen LogP contribution in [0.25, 0.3) is 0 Å². The van der Waals surface area contributed by atoms with Crippen LogP contribution in [0.15, 0.2) is 5.38 Å². The molecule has 2 rings (SSSR count). The van der Waals surface area contributed by atoms with Gasteiger partial charge in [-0.3, -0.25) is 9.59 Å². The zero-order valence-corrected chi connectivity index (χ0v) is 10.2. The van der Waals surface area contributed by atoms with E-state index in [-0.39, 0.29) is 34.7 Å². The van der Waals surface area contributed by atoms with E-state index >= 15 is 0 Å². The van der Waals surface area contributed by atoms with Crippen LogP contribution in [0.1, 0.15) is 28.6 Å². The Hall–Kier alpha value is -1.69. The molecule has 17 heavy (non-hydrogen) atoms. The van der Waals surface area contributed by atoms with E-state index in [0.29, 0.717) is 5.56 Å². The molecule has 1 aromatic heterocycles. The van der Waals surface area contributed by atoms with Gasteiger partial charge in [0.2, 0.25) is 11.8 Å². The lowest BCUT2D eigenvalue weighted by atomic mass is 10.1. The highest BCUT2D eigenvalue weighted by Gasteiger charge is 2.39. The summed E-state index contributed by atoms with van der Waals surface area (Å²) in [7, 11) is 0. The van der Waals surface area contributed by atoms with Crippen molar-refractivity contribution >= 4 is 34.8 Å². The van der Waals surface area contributed by atoms with Gasteiger partial charge in [0.05, 0.1) is 5.69 Å². The van der Waals surface area contributed by atoms with Gasteiger partial charge in [0.1, 0.15) is 4.88 Å². The van der Waals surface area contributed by atoms with Crippen molar-refractivity contribution in [3.8, 4) is 0 Å². The van der Waals surface area contributed by atoms with Crippen LogP contribution in [0.3, 0.4) is 0 Å². The third kappa shape index (κ3) is 1.74. The van der Waals surface area contributed by atoms with Gasteiger partial charge < -0.3 is 5.11 Å². The van der Waals surface area contributed by atoms with E-state index in [2.05, 4.69) is 0 Å². The first-order valence-electron chi connectivity index (χ1n) is 5.11. The maximum atomic E-state index is 11.9. The normalized spacial score (nSPS) is 20.1. The number of hydrogen-bond donors (Lipinski definition) is 1. The number of aromatic carboxylic acids is 1. The lowest BCUT2D eigenvalue weighted by molar-refractivity contribution is -0.122. The van der Waals surface area contributed by atoms with E-state index < -0.39 is 5.97 Å². The summed E-state index contributed by atoms with van der Waals surface area (Å²) in [5.74, 6) is -2.13. The van der Waals surface area contributed by atoms with Gasteiger partial charge in [-0.15, -0.1) is 11.3 Å². The highest BCUT2D eigenvalue weighted by molar-refractivity contribution is 7.12. The third-order valence-electron chi connectivity index (χ3n) is 2.73. The van der Waals surface area contributed by atoms with Crippen molar-refractivity contribution in [2.24, 2.45) is 5.92 Å². The monoisotopic (exact) mass is 253 g/mol. The predicted octanol–water partition coefficient (Wildman–Crippen LogP) is 1.65. The smallest absolute Gasteiger partial charge is 0.348 e. The van der Waals surface area contributed by atoms with Gasteiger partial charge in [-0.1, -0.05) is 6.92 Å². The molecule has 1 aliphatic rings. The van der Waals surface area contributed by atoms with Crippen molar-refractivity contribution in [1.82, 2.24) is 0 Å². The Morgan fingerprint density at radius 2 is 2.18 bits per heavy atom. The fraction of sp³-hybridized carbons (Fsp3) is 0.364. The molecule has 6 heteroatoms. The lowest BCUT2D eigenvalue weighted by Gasteiger charge is -2.15. The summed E-state index contributed by atoms with van der Waals surface area (Å²) in [4.78, 5) is 35.7. The fourth-order valence-corrected chi connectivity index (χ4v) is 2.76. The number of thiophene rings is 1. The molecule has 0 saturated carbocycles. The molecule has 2 heterocycles. The van der Waals surface area contributed by atoms with Gasteiger partial charge in [-0.2, -0.15) is 0 Å². The number of amides is 2. The number of carboxylic acid groups (broad SMARTS) is 1. The first kappa shape index (κ1) is 11.8. The molecule has 0 bridgehead atoms. The Balaban J connectivity index is 2.54. The van der Waals surface area contributed by atoms with Gasteiger partial charge in [-0.25, -0.2) is 9.69 Å². The average molecular weight is 253 g/mol. The van der Waals surface area contributed by atoms with E-state index in [4.69, 9.17) is 5.11 Å². The molecule has 1 N–H and O–H groups in total. The summed E-state index contributed by atoms with van der Waals surface area (Å²) >= 11 is 1.03. The third-order valence-corrected chi connectivity index (χ3v) is 3.81. The molecule has 0 radical (unpaired) electrons. The predicted molar refractivity (Wildman–Crippen MR) is 62.3 cm³/mol. The molecule has 90 valence electrons. The van der Waals surface area contributed by atoms with Crippen LogP contribution in [-0.4, -0.2) is 22.9 Å². The quantitative estimate of drug-likeness (QED) is 0.813. The van der Waals surface area contributed by atoms with Gasteiger partial charge >= 0.3 is 5.97 Å². The summed E-state index contributed by atoms with van der Waals surface area (Å²) < 4.78 is 0. The molecule has 0 aliphatic carbocycles. The van der Waals surface area contributed by atoms with Gasteiger partial charge in [0.15, 0.2) is 0 Å². The Morgan fingerprint density at radius 3 is 2.65 bits per heavy atom. The van der Waals surface area contributed by atoms with E-state index in [1.807, 2.05) is 0 Å². The van der Waals surface area contributed by atoms with Crippen molar-refractivity contribution in [1.29, 1.82) is 0 Å². The molecule has 1 unspecified atom stereocenters. The lowest BCUT2D eigenvalue weighted by Crippen LogP contribution is -2.31. The van der Waals surface area contributed by atoms with Crippen LogP contribution < -0.4 is 4.90 Å². The number of carbonyl (C=O) groups excluding carboxylic acids is 2. The Labute approximate surface area is 102 Å². The SMILES string of the molecule is Cc1csc(C(=O)O)c1N1C(=O)CC(C)C1=O. The highest BCUT2D eigenvalue weighted by atomic mass is 32.1. The number of nitrogens with zero attached hydrogens (tertiary/aromatic N) is 1. The van der Waals surface area contributed by atoms with Gasteiger partial charge in [-0.05, 0) is 17.9 Å². The summed E-state index contributed by atoms with van der Waals surface area (Å²) in [6.07, 6.45) is 0.146. The Bertz CT molecular complexity index is 520. The Kier molecular flexibility index (Phi) is 2.74. The van der Waals surface area contributed by atoms with Crippen molar-refractivity contribution in [2.75, 3.05) is 4.90 Å². The number of imide groups is 1. The number of aryl methyl sites for hydroxylation is 1. The van der Waals surface area contributed by atoms with Gasteiger partial charge in [0, 0.05) is 12.3 Å². The van der Waals surface area contributed by atoms with E-state index in [9.17, 15) is 14.4 Å². The van der Waals surface area contributed by atoms with E-state index in [1.165, 1.54) is 0 Å². The molecular formula is C11H11NO4S. The molecule has 2 amide bonds. The maximum Gasteiger partial charge on any atom is 0.348 e. The van der Waals surface area contributed by atoms with Gasteiger partial charge in [0.25, 0.3) is 0 Å². The number of carbonyl (C=O) groups is 3. The molecule has 1 fully saturated rings. The van der Waals surface area contributed by atoms with Crippen LogP contribution >= 0.6 is 11.3 Å². The van der Waals surface area contributed by atoms with Crippen LogP contribution in [0.2, 0.25) is 0 Å². The average Bonchev–Trinajstić information content (AvgIpc) is 2.70. The Morgan fingerprint density at radius 1 is 1.53 bits per heavy atom. The second-order valence-corrected chi connectivity index (χ2v) is 4.95. The topological polar surface area (TPSA) is 74.7 Å². The van der Waals surface area contributed by atoms with E-state index in [0.717, 1.165) is 16.2 Å². The fourth-order valence-electron chi connectivity index (χ4n) is 1.89. The molecule has 0 spiro atoms. The number of carboxylic acids is 1. The summed E-state index contributed by atoms with van der Waals surface area (Å²) in [5.41, 5.74) is 0.880. The number of hydrogen-bond acceptors (Lipinski definition) is 4. The second kappa shape index (κ2) is 3.96. The summed E-state index contributed by atoms with van der Waals surface area (Å²) in [6, 6.07) is 0. The number of rotatable bonds is 2. The molecular weight excluding hydrogens is 242 g/mol. The minimum atomic E-state index is -1.11. The van der Waals surface area contributed by atoms with Crippen molar-refractivity contribution in [3.05, 3.63) is 15.8 Å². The van der Waals surface area contributed by atoms with Crippen molar-refractivity contribution < 1.29 is 19.5 Å². The summed E-state index contributed by atoms with van der Waals surface area (Å²) in [5, 5.41) is 10.7. The van der Waals surface area contributed by atoms with Crippen LogP contribution in [0.5, 0.6) is 0 Å². The largest absolute Gasteiger partial charge is 0.477 e. The van der Waals surface area contributed by atoms with Crippen molar-refractivity contribution in [3.63, 3.8) is 0 Å². The molecule has 1 atom stereocenters. The standard InChI is InChI=1S/C11H11NO4S/c1-5-3-7(13)12(10(5)14)8-6(2)4-17-9(8)11(15)16/h4-5H,3H2,1-2H3,(H,15,16). The number of anilines is 1. The zero-order valence-electron chi connectivity index (χ0n) is 9.39. The minimum Gasteiger partial charge on any atom is -0.477 e. The first-order chi connectivity index (χ1) is 7.93. The first-order valence-corrected chi connectivity index (χ1v) is 5.99. The van der Waals surface area contributed by atoms with E-state index in [1.54, 1.807) is 19.2 Å².